The van der Waals surface area contributed by atoms with Crippen LogP contribution in [0.3, 0.4) is 0 Å². The van der Waals surface area contributed by atoms with E-state index in [1.54, 1.807) is 26.4 Å². The molecule has 0 aliphatic carbocycles. The van der Waals surface area contributed by atoms with Crippen molar-refractivity contribution in [1.82, 2.24) is 9.78 Å². The molecule has 1 aromatic heterocycles. The lowest BCUT2D eigenvalue weighted by Crippen LogP contribution is -2.14. The number of anilines is 1. The zero-order valence-electron chi connectivity index (χ0n) is 16.9. The summed E-state index contributed by atoms with van der Waals surface area (Å²) < 4.78 is 12.6. The predicted molar refractivity (Wildman–Crippen MR) is 109 cm³/mol. The second-order valence-corrected chi connectivity index (χ2v) is 6.76. The van der Waals surface area contributed by atoms with E-state index in [4.69, 9.17) is 9.47 Å². The number of benzene rings is 2. The largest absolute Gasteiger partial charge is 0.493 e. The molecule has 0 unspecified atom stereocenters. The molecule has 1 N–H and O–H groups in total. The normalized spacial score (nSPS) is 10.6. The molecule has 2 aromatic carbocycles. The fraction of sp³-hybridized carbons (Fsp3) is 0.273. The predicted octanol–water partition coefficient (Wildman–Crippen LogP) is 4.13. The van der Waals surface area contributed by atoms with Gasteiger partial charge in [0.25, 0.3) is 5.91 Å². The van der Waals surface area contributed by atoms with Crippen LogP contribution in [-0.2, 0) is 6.54 Å². The number of rotatable bonds is 6. The molecule has 28 heavy (non-hydrogen) atoms. The van der Waals surface area contributed by atoms with Crippen LogP contribution in [0.1, 0.15) is 32.9 Å². The quantitative estimate of drug-likeness (QED) is 0.699. The van der Waals surface area contributed by atoms with Gasteiger partial charge in [0, 0.05) is 23.0 Å². The first-order chi connectivity index (χ1) is 13.4. The van der Waals surface area contributed by atoms with Crippen molar-refractivity contribution in [2.45, 2.75) is 27.3 Å². The molecule has 0 spiro atoms. The molecule has 6 nitrogen and oxygen atoms in total. The van der Waals surface area contributed by atoms with Gasteiger partial charge in [-0.1, -0.05) is 12.1 Å². The maximum absolute atomic E-state index is 12.8. The number of hydrogen-bond acceptors (Lipinski definition) is 4. The van der Waals surface area contributed by atoms with E-state index >= 15 is 0 Å². The number of methoxy groups -OCH3 is 2. The van der Waals surface area contributed by atoms with E-state index in [1.807, 2.05) is 55.8 Å². The van der Waals surface area contributed by atoms with Crippen molar-refractivity contribution in [2.24, 2.45) is 0 Å². The summed E-state index contributed by atoms with van der Waals surface area (Å²) in [5.41, 5.74) is 5.26. The summed E-state index contributed by atoms with van der Waals surface area (Å²) in [5.74, 6) is 1.03. The van der Waals surface area contributed by atoms with E-state index in [-0.39, 0.29) is 5.91 Å². The molecular formula is C22H25N3O3. The molecule has 0 saturated heterocycles. The summed E-state index contributed by atoms with van der Waals surface area (Å²) in [7, 11) is 3.16. The van der Waals surface area contributed by atoms with Crippen LogP contribution in [0.4, 0.5) is 5.69 Å². The summed E-state index contributed by atoms with van der Waals surface area (Å²) in [6.07, 6.45) is 0. The third-order valence-electron chi connectivity index (χ3n) is 4.60. The summed E-state index contributed by atoms with van der Waals surface area (Å²) in [5, 5.41) is 7.45. The van der Waals surface area contributed by atoms with Crippen LogP contribution in [0.2, 0.25) is 0 Å². The van der Waals surface area contributed by atoms with Crippen LogP contribution in [-0.4, -0.2) is 29.9 Å². The van der Waals surface area contributed by atoms with E-state index in [9.17, 15) is 4.79 Å². The van der Waals surface area contributed by atoms with Crippen LogP contribution in [0.5, 0.6) is 11.5 Å². The first kappa shape index (κ1) is 19.5. The van der Waals surface area contributed by atoms with Gasteiger partial charge in [-0.3, -0.25) is 9.48 Å². The molecule has 1 amide bonds. The molecule has 1 heterocycles. The summed E-state index contributed by atoms with van der Waals surface area (Å²) in [6.45, 7) is 6.53. The number of aromatic nitrogens is 2. The number of aryl methyl sites for hydroxylation is 3. The molecular weight excluding hydrogens is 354 g/mol. The minimum atomic E-state index is -0.175. The number of amides is 1. The summed E-state index contributed by atoms with van der Waals surface area (Å²) >= 11 is 0. The van der Waals surface area contributed by atoms with E-state index in [2.05, 4.69) is 10.4 Å². The summed E-state index contributed by atoms with van der Waals surface area (Å²) in [4.78, 5) is 12.8. The molecule has 3 rings (SSSR count). The van der Waals surface area contributed by atoms with E-state index in [1.165, 1.54) is 0 Å². The van der Waals surface area contributed by atoms with Gasteiger partial charge in [-0.05, 0) is 56.2 Å². The van der Waals surface area contributed by atoms with Gasteiger partial charge in [0.05, 0.1) is 26.5 Å². The fourth-order valence-electron chi connectivity index (χ4n) is 3.13. The highest BCUT2D eigenvalue weighted by Gasteiger charge is 2.13. The molecule has 6 heteroatoms. The van der Waals surface area contributed by atoms with Gasteiger partial charge in [0.15, 0.2) is 11.5 Å². The number of nitrogens with zero attached hydrogens (tertiary/aromatic N) is 2. The van der Waals surface area contributed by atoms with Crippen LogP contribution in [0.15, 0.2) is 42.5 Å². The van der Waals surface area contributed by atoms with Crippen molar-refractivity contribution < 1.29 is 14.3 Å². The maximum Gasteiger partial charge on any atom is 0.255 e. The molecule has 0 radical (unpaired) electrons. The number of carbonyl (C=O) groups excluding carboxylic acids is 1. The van der Waals surface area contributed by atoms with Crippen molar-refractivity contribution >= 4 is 11.6 Å². The van der Waals surface area contributed by atoms with Gasteiger partial charge in [0.1, 0.15) is 0 Å². The molecule has 0 aliphatic heterocycles. The second kappa shape index (κ2) is 8.17. The van der Waals surface area contributed by atoms with Crippen molar-refractivity contribution in [3.63, 3.8) is 0 Å². The van der Waals surface area contributed by atoms with Crippen LogP contribution >= 0.6 is 0 Å². The molecule has 0 bridgehead atoms. The number of carbonyl (C=O) groups is 1. The lowest BCUT2D eigenvalue weighted by atomic mass is 10.1. The first-order valence-corrected chi connectivity index (χ1v) is 9.05. The Balaban J connectivity index is 1.81. The Hall–Kier alpha value is -3.28. The van der Waals surface area contributed by atoms with Crippen molar-refractivity contribution in [1.29, 1.82) is 0 Å². The van der Waals surface area contributed by atoms with Gasteiger partial charge in [-0.25, -0.2) is 0 Å². The Bertz CT molecular complexity index is 1010. The Morgan fingerprint density at radius 1 is 1.04 bits per heavy atom. The second-order valence-electron chi connectivity index (χ2n) is 6.76. The number of ether oxygens (including phenoxy) is 2. The zero-order valence-corrected chi connectivity index (χ0v) is 16.9. The topological polar surface area (TPSA) is 65.4 Å². The van der Waals surface area contributed by atoms with Gasteiger partial charge in [-0.2, -0.15) is 5.10 Å². The highest BCUT2D eigenvalue weighted by Crippen LogP contribution is 2.33. The standard InChI is InChI=1S/C22H25N3O3/c1-14-9-20(27-4)21(28-5)12-19(14)23-22(26)18-8-6-7-17(11-18)13-25-16(3)10-15(2)24-25/h6-12H,13H2,1-5H3,(H,23,26). The third kappa shape index (κ3) is 4.17. The van der Waals surface area contributed by atoms with E-state index < -0.39 is 0 Å². The van der Waals surface area contributed by atoms with Gasteiger partial charge < -0.3 is 14.8 Å². The molecule has 0 atom stereocenters. The van der Waals surface area contributed by atoms with Crippen molar-refractivity contribution in [2.75, 3.05) is 19.5 Å². The third-order valence-corrected chi connectivity index (χ3v) is 4.60. The van der Waals surface area contributed by atoms with E-state index in [0.29, 0.717) is 29.3 Å². The highest BCUT2D eigenvalue weighted by atomic mass is 16.5. The lowest BCUT2D eigenvalue weighted by molar-refractivity contribution is 0.102. The highest BCUT2D eigenvalue weighted by molar-refractivity contribution is 6.04. The summed E-state index contributed by atoms with van der Waals surface area (Å²) in [6, 6.07) is 13.2. The molecule has 3 aromatic rings. The monoisotopic (exact) mass is 379 g/mol. The zero-order chi connectivity index (χ0) is 20.3. The molecule has 0 fully saturated rings. The average molecular weight is 379 g/mol. The molecule has 0 saturated carbocycles. The minimum absolute atomic E-state index is 0.175. The maximum atomic E-state index is 12.8. The van der Waals surface area contributed by atoms with E-state index in [0.717, 1.165) is 22.5 Å². The number of hydrogen-bond donors (Lipinski definition) is 1. The van der Waals surface area contributed by atoms with Gasteiger partial charge >= 0.3 is 0 Å². The molecule has 146 valence electrons. The Morgan fingerprint density at radius 3 is 2.39 bits per heavy atom. The van der Waals surface area contributed by atoms with Crippen LogP contribution in [0, 0.1) is 20.8 Å². The average Bonchev–Trinajstić information content (AvgIpc) is 2.99. The fourth-order valence-corrected chi connectivity index (χ4v) is 3.13. The lowest BCUT2D eigenvalue weighted by Gasteiger charge is -2.14. The van der Waals surface area contributed by atoms with Gasteiger partial charge in [0.2, 0.25) is 0 Å². The Kier molecular flexibility index (Phi) is 5.68. The van der Waals surface area contributed by atoms with Crippen LogP contribution in [0.25, 0.3) is 0 Å². The SMILES string of the molecule is COc1cc(C)c(NC(=O)c2cccc(Cn3nc(C)cc3C)c2)cc1OC. The van der Waals surface area contributed by atoms with Crippen molar-refractivity contribution in [3.05, 3.63) is 70.5 Å². The number of nitrogens with one attached hydrogen (secondary N) is 1. The smallest absolute Gasteiger partial charge is 0.255 e. The van der Waals surface area contributed by atoms with Crippen molar-refractivity contribution in [3.8, 4) is 11.5 Å². The van der Waals surface area contributed by atoms with Crippen LogP contribution < -0.4 is 14.8 Å². The Labute approximate surface area is 165 Å². The Morgan fingerprint density at radius 2 is 1.75 bits per heavy atom. The minimum Gasteiger partial charge on any atom is -0.493 e. The van der Waals surface area contributed by atoms with Gasteiger partial charge in [-0.15, -0.1) is 0 Å². The molecule has 0 aliphatic rings. The first-order valence-electron chi connectivity index (χ1n) is 9.05.